The van der Waals surface area contributed by atoms with Crippen molar-refractivity contribution in [2.24, 2.45) is 0 Å². The summed E-state index contributed by atoms with van der Waals surface area (Å²) in [5, 5.41) is 9.57. The standard InChI is InChI=1S/C11H14O2S/c12-10-7-4-8-11(10)14(13)9-5-2-1-3-6-9/h1-3,5-6,10-12H,4,7-8H2. The minimum absolute atomic E-state index is 0.0580. The number of benzene rings is 1. The number of aliphatic hydroxyl groups is 1. The van der Waals surface area contributed by atoms with Crippen molar-refractivity contribution in [3.8, 4) is 0 Å². The maximum atomic E-state index is 12.0. The van der Waals surface area contributed by atoms with Gasteiger partial charge in [0.2, 0.25) is 0 Å². The quantitative estimate of drug-likeness (QED) is 0.806. The third kappa shape index (κ3) is 1.88. The van der Waals surface area contributed by atoms with Crippen LogP contribution in [0.5, 0.6) is 0 Å². The molecule has 1 aliphatic rings. The van der Waals surface area contributed by atoms with Crippen LogP contribution in [0.4, 0.5) is 0 Å². The Balaban J connectivity index is 2.16. The van der Waals surface area contributed by atoms with Crippen LogP contribution >= 0.6 is 0 Å². The fourth-order valence-corrected chi connectivity index (χ4v) is 3.46. The second-order valence-corrected chi connectivity index (χ2v) is 5.32. The molecule has 14 heavy (non-hydrogen) atoms. The summed E-state index contributed by atoms with van der Waals surface area (Å²) >= 11 is 0. The third-order valence-electron chi connectivity index (χ3n) is 2.67. The first-order valence-electron chi connectivity index (χ1n) is 4.93. The smallest absolute Gasteiger partial charge is 0.0687 e. The van der Waals surface area contributed by atoms with Crippen LogP contribution in [-0.2, 0) is 10.8 Å². The maximum absolute atomic E-state index is 12.0. The zero-order chi connectivity index (χ0) is 9.97. The molecule has 1 aromatic carbocycles. The Morgan fingerprint density at radius 1 is 1.21 bits per heavy atom. The van der Waals surface area contributed by atoms with E-state index in [0.717, 1.165) is 24.2 Å². The summed E-state index contributed by atoms with van der Waals surface area (Å²) in [6.07, 6.45) is 2.28. The van der Waals surface area contributed by atoms with Crippen LogP contribution in [0.15, 0.2) is 35.2 Å². The topological polar surface area (TPSA) is 37.3 Å². The Bertz CT molecular complexity index is 323. The van der Waals surface area contributed by atoms with Crippen molar-refractivity contribution in [1.82, 2.24) is 0 Å². The molecular formula is C11H14O2S. The van der Waals surface area contributed by atoms with Gasteiger partial charge in [-0.1, -0.05) is 18.2 Å². The first kappa shape index (κ1) is 9.87. The molecule has 76 valence electrons. The Labute approximate surface area is 86.4 Å². The highest BCUT2D eigenvalue weighted by Gasteiger charge is 2.30. The molecule has 3 heteroatoms. The van der Waals surface area contributed by atoms with E-state index in [1.165, 1.54) is 0 Å². The molecule has 2 nitrogen and oxygen atoms in total. The van der Waals surface area contributed by atoms with Crippen molar-refractivity contribution in [3.63, 3.8) is 0 Å². The van der Waals surface area contributed by atoms with E-state index in [9.17, 15) is 9.32 Å². The van der Waals surface area contributed by atoms with Crippen molar-refractivity contribution in [2.45, 2.75) is 35.5 Å². The number of hydrogen-bond donors (Lipinski definition) is 1. The second-order valence-electron chi connectivity index (χ2n) is 3.65. The molecule has 1 aliphatic carbocycles. The van der Waals surface area contributed by atoms with E-state index < -0.39 is 10.8 Å². The molecule has 2 rings (SSSR count). The van der Waals surface area contributed by atoms with Gasteiger partial charge in [0.25, 0.3) is 0 Å². The molecule has 0 spiro atoms. The summed E-state index contributed by atoms with van der Waals surface area (Å²) in [4.78, 5) is 0.832. The zero-order valence-corrected chi connectivity index (χ0v) is 8.74. The van der Waals surface area contributed by atoms with Crippen LogP contribution < -0.4 is 0 Å². The summed E-state index contributed by atoms with van der Waals surface area (Å²) in [5.41, 5.74) is 0. The molecule has 1 aromatic rings. The highest BCUT2D eigenvalue weighted by atomic mass is 32.2. The summed E-state index contributed by atoms with van der Waals surface area (Å²) in [6, 6.07) is 9.40. The minimum atomic E-state index is -1.04. The van der Waals surface area contributed by atoms with Crippen LogP contribution in [0, 0.1) is 0 Å². The minimum Gasteiger partial charge on any atom is -0.392 e. The Morgan fingerprint density at radius 3 is 2.50 bits per heavy atom. The van der Waals surface area contributed by atoms with Gasteiger partial charge in [-0.3, -0.25) is 4.21 Å². The monoisotopic (exact) mass is 210 g/mol. The third-order valence-corrected chi connectivity index (χ3v) is 4.50. The molecule has 3 unspecified atom stereocenters. The average molecular weight is 210 g/mol. The molecule has 0 saturated heterocycles. The number of aliphatic hydroxyl groups excluding tert-OH is 1. The molecule has 0 radical (unpaired) electrons. The Morgan fingerprint density at radius 2 is 1.93 bits per heavy atom. The first-order valence-corrected chi connectivity index (χ1v) is 6.14. The van der Waals surface area contributed by atoms with Crippen molar-refractivity contribution >= 4 is 10.8 Å². The van der Waals surface area contributed by atoms with E-state index in [0.29, 0.717) is 0 Å². The van der Waals surface area contributed by atoms with Crippen molar-refractivity contribution in [2.75, 3.05) is 0 Å². The van der Waals surface area contributed by atoms with Crippen molar-refractivity contribution in [1.29, 1.82) is 0 Å². The van der Waals surface area contributed by atoms with Crippen LogP contribution in [0.1, 0.15) is 19.3 Å². The summed E-state index contributed by atoms with van der Waals surface area (Å²) in [5.74, 6) is 0. The van der Waals surface area contributed by atoms with Gasteiger partial charge in [0.1, 0.15) is 0 Å². The molecule has 1 N–H and O–H groups in total. The van der Waals surface area contributed by atoms with Gasteiger partial charge in [0.15, 0.2) is 0 Å². The average Bonchev–Trinajstić information content (AvgIpc) is 2.65. The Hall–Kier alpha value is -0.670. The SMILES string of the molecule is O=S(c1ccccc1)C1CCCC1O. The summed E-state index contributed by atoms with van der Waals surface area (Å²) in [6.45, 7) is 0. The van der Waals surface area contributed by atoms with E-state index in [1.807, 2.05) is 30.3 Å². The fourth-order valence-electron chi connectivity index (χ4n) is 1.89. The molecule has 1 saturated carbocycles. The lowest BCUT2D eigenvalue weighted by Gasteiger charge is -2.13. The van der Waals surface area contributed by atoms with Crippen LogP contribution in [0.2, 0.25) is 0 Å². The van der Waals surface area contributed by atoms with Gasteiger partial charge in [0.05, 0.1) is 22.2 Å². The highest BCUT2D eigenvalue weighted by molar-refractivity contribution is 7.85. The molecule has 0 aliphatic heterocycles. The van der Waals surface area contributed by atoms with Crippen LogP contribution in [0.25, 0.3) is 0 Å². The molecular weight excluding hydrogens is 196 g/mol. The number of hydrogen-bond acceptors (Lipinski definition) is 2. The molecule has 0 amide bonds. The van der Waals surface area contributed by atoms with Gasteiger partial charge < -0.3 is 5.11 Å². The fraction of sp³-hybridized carbons (Fsp3) is 0.455. The van der Waals surface area contributed by atoms with E-state index in [2.05, 4.69) is 0 Å². The summed E-state index contributed by atoms with van der Waals surface area (Å²) in [7, 11) is -1.04. The van der Waals surface area contributed by atoms with Gasteiger partial charge in [-0.2, -0.15) is 0 Å². The predicted octanol–water partition coefficient (Wildman–Crippen LogP) is 1.71. The van der Waals surface area contributed by atoms with E-state index in [1.54, 1.807) is 0 Å². The number of rotatable bonds is 2. The first-order chi connectivity index (χ1) is 6.79. The Kier molecular flexibility index (Phi) is 2.99. The molecule has 0 heterocycles. The molecule has 0 bridgehead atoms. The van der Waals surface area contributed by atoms with Crippen LogP contribution in [0.3, 0.4) is 0 Å². The largest absolute Gasteiger partial charge is 0.392 e. The molecule has 3 atom stereocenters. The molecule has 1 fully saturated rings. The lowest BCUT2D eigenvalue weighted by Crippen LogP contribution is -2.24. The van der Waals surface area contributed by atoms with E-state index >= 15 is 0 Å². The lowest BCUT2D eigenvalue weighted by molar-refractivity contribution is 0.186. The van der Waals surface area contributed by atoms with Crippen molar-refractivity contribution in [3.05, 3.63) is 30.3 Å². The van der Waals surface area contributed by atoms with Gasteiger partial charge in [-0.25, -0.2) is 0 Å². The van der Waals surface area contributed by atoms with Gasteiger partial charge in [-0.05, 0) is 31.4 Å². The van der Waals surface area contributed by atoms with E-state index in [4.69, 9.17) is 0 Å². The van der Waals surface area contributed by atoms with Gasteiger partial charge in [0, 0.05) is 4.90 Å². The van der Waals surface area contributed by atoms with E-state index in [-0.39, 0.29) is 11.4 Å². The van der Waals surface area contributed by atoms with Gasteiger partial charge in [-0.15, -0.1) is 0 Å². The predicted molar refractivity (Wildman–Crippen MR) is 56.5 cm³/mol. The molecule has 0 aromatic heterocycles. The highest BCUT2D eigenvalue weighted by Crippen LogP contribution is 2.26. The maximum Gasteiger partial charge on any atom is 0.0687 e. The van der Waals surface area contributed by atoms with Gasteiger partial charge >= 0.3 is 0 Å². The summed E-state index contributed by atoms with van der Waals surface area (Å²) < 4.78 is 12.0. The second kappa shape index (κ2) is 4.24. The zero-order valence-electron chi connectivity index (χ0n) is 7.93. The van der Waals surface area contributed by atoms with Crippen molar-refractivity contribution < 1.29 is 9.32 Å². The van der Waals surface area contributed by atoms with Crippen LogP contribution in [-0.4, -0.2) is 20.7 Å². The lowest BCUT2D eigenvalue weighted by atomic mass is 10.3. The normalized spacial score (nSPS) is 28.9.